The minimum absolute atomic E-state index is 0.0762. The number of nitrogens with one attached hydrogen (secondary N) is 2. The molecule has 0 saturated heterocycles. The summed E-state index contributed by atoms with van der Waals surface area (Å²) in [5.41, 5.74) is 0. The van der Waals surface area contributed by atoms with Crippen molar-refractivity contribution in [1.29, 1.82) is 0 Å². The summed E-state index contributed by atoms with van der Waals surface area (Å²) in [6.45, 7) is 1.48. The molecule has 0 aliphatic rings. The standard InChI is InChI=1S/C11H17N3O4/c1-14(2)11(17)13-6-5-12-7-8-3-4-9(18-8)10(15)16/h3-4,12H,5-7H2,1-2H3,(H,13,17)(H,15,16). The minimum atomic E-state index is -1.08. The average molecular weight is 255 g/mol. The molecule has 0 saturated carbocycles. The van der Waals surface area contributed by atoms with Crippen LogP contribution in [0.4, 0.5) is 4.79 Å². The van der Waals surface area contributed by atoms with Crippen molar-refractivity contribution in [3.8, 4) is 0 Å². The molecule has 0 spiro atoms. The van der Waals surface area contributed by atoms with Gasteiger partial charge in [0.15, 0.2) is 0 Å². The Kier molecular flexibility index (Phi) is 5.19. The molecule has 1 heterocycles. The molecule has 0 aliphatic heterocycles. The summed E-state index contributed by atoms with van der Waals surface area (Å²) in [4.78, 5) is 23.2. The zero-order valence-electron chi connectivity index (χ0n) is 10.4. The first kappa shape index (κ1) is 14.0. The van der Waals surface area contributed by atoms with Crippen LogP contribution in [0.3, 0.4) is 0 Å². The van der Waals surface area contributed by atoms with Gasteiger partial charge in [-0.25, -0.2) is 9.59 Å². The van der Waals surface area contributed by atoms with Crippen molar-refractivity contribution < 1.29 is 19.1 Å². The first-order valence-electron chi connectivity index (χ1n) is 5.48. The molecule has 1 rings (SSSR count). The Labute approximate surface area is 105 Å². The number of carbonyl (C=O) groups is 2. The summed E-state index contributed by atoms with van der Waals surface area (Å²) in [6, 6.07) is 2.87. The van der Waals surface area contributed by atoms with E-state index in [0.29, 0.717) is 25.4 Å². The highest BCUT2D eigenvalue weighted by Crippen LogP contribution is 2.06. The molecule has 7 nitrogen and oxygen atoms in total. The Balaban J connectivity index is 2.18. The number of furan rings is 1. The van der Waals surface area contributed by atoms with E-state index in [-0.39, 0.29) is 11.8 Å². The minimum Gasteiger partial charge on any atom is -0.475 e. The van der Waals surface area contributed by atoms with E-state index in [1.807, 2.05) is 0 Å². The van der Waals surface area contributed by atoms with Gasteiger partial charge in [-0.15, -0.1) is 0 Å². The first-order chi connectivity index (χ1) is 8.50. The van der Waals surface area contributed by atoms with E-state index in [2.05, 4.69) is 10.6 Å². The summed E-state index contributed by atoms with van der Waals surface area (Å²) in [5, 5.41) is 14.4. The molecular formula is C11H17N3O4. The van der Waals surface area contributed by atoms with Crippen LogP contribution in [-0.2, 0) is 6.54 Å². The van der Waals surface area contributed by atoms with Crippen molar-refractivity contribution >= 4 is 12.0 Å². The fourth-order valence-corrected chi connectivity index (χ4v) is 1.22. The molecule has 18 heavy (non-hydrogen) atoms. The number of hydrogen-bond acceptors (Lipinski definition) is 4. The number of rotatable bonds is 6. The highest BCUT2D eigenvalue weighted by Gasteiger charge is 2.08. The molecule has 2 amide bonds. The zero-order chi connectivity index (χ0) is 13.5. The maximum atomic E-state index is 11.2. The number of nitrogens with zero attached hydrogens (tertiary/aromatic N) is 1. The molecule has 1 aromatic rings. The van der Waals surface area contributed by atoms with E-state index >= 15 is 0 Å². The van der Waals surface area contributed by atoms with Gasteiger partial charge in [0.1, 0.15) is 5.76 Å². The quantitative estimate of drug-likeness (QED) is 0.637. The molecule has 7 heteroatoms. The van der Waals surface area contributed by atoms with Crippen LogP contribution in [0.2, 0.25) is 0 Å². The summed E-state index contributed by atoms with van der Waals surface area (Å²) in [5.74, 6) is -0.612. The van der Waals surface area contributed by atoms with E-state index in [9.17, 15) is 9.59 Å². The molecule has 1 aromatic heterocycles. The Morgan fingerprint density at radius 3 is 2.61 bits per heavy atom. The van der Waals surface area contributed by atoms with Gasteiger partial charge in [0, 0.05) is 27.2 Å². The summed E-state index contributed by atoms with van der Waals surface area (Å²) in [7, 11) is 3.33. The lowest BCUT2D eigenvalue weighted by atomic mass is 10.4. The first-order valence-corrected chi connectivity index (χ1v) is 5.48. The molecule has 100 valence electrons. The molecule has 0 aliphatic carbocycles. The van der Waals surface area contributed by atoms with E-state index in [4.69, 9.17) is 9.52 Å². The van der Waals surface area contributed by atoms with Gasteiger partial charge in [-0.3, -0.25) is 0 Å². The third-order valence-electron chi connectivity index (χ3n) is 2.16. The smallest absolute Gasteiger partial charge is 0.371 e. The number of hydrogen-bond donors (Lipinski definition) is 3. The van der Waals surface area contributed by atoms with Crippen molar-refractivity contribution in [3.63, 3.8) is 0 Å². The Bertz CT molecular complexity index is 414. The van der Waals surface area contributed by atoms with Crippen LogP contribution in [0.25, 0.3) is 0 Å². The molecule has 0 aromatic carbocycles. The maximum absolute atomic E-state index is 11.2. The summed E-state index contributed by atoms with van der Waals surface area (Å²) in [6.07, 6.45) is 0. The van der Waals surface area contributed by atoms with Gasteiger partial charge in [0.25, 0.3) is 0 Å². The molecule has 0 radical (unpaired) electrons. The third-order valence-corrected chi connectivity index (χ3v) is 2.16. The van der Waals surface area contributed by atoms with E-state index in [1.165, 1.54) is 11.0 Å². The van der Waals surface area contributed by atoms with Crippen LogP contribution >= 0.6 is 0 Å². The Morgan fingerprint density at radius 1 is 1.33 bits per heavy atom. The summed E-state index contributed by atoms with van der Waals surface area (Å²) >= 11 is 0. The van der Waals surface area contributed by atoms with Gasteiger partial charge < -0.3 is 25.1 Å². The molecule has 0 bridgehead atoms. The fourth-order valence-electron chi connectivity index (χ4n) is 1.22. The molecular weight excluding hydrogens is 238 g/mol. The second-order valence-corrected chi connectivity index (χ2v) is 3.87. The van der Waals surface area contributed by atoms with Crippen LogP contribution in [0.15, 0.2) is 16.5 Å². The molecule has 0 atom stereocenters. The normalized spacial score (nSPS) is 10.1. The van der Waals surface area contributed by atoms with Gasteiger partial charge in [0.05, 0.1) is 6.54 Å². The van der Waals surface area contributed by atoms with Crippen molar-refractivity contribution in [2.45, 2.75) is 6.54 Å². The lowest BCUT2D eigenvalue weighted by Gasteiger charge is -2.11. The van der Waals surface area contributed by atoms with Crippen LogP contribution in [0.1, 0.15) is 16.3 Å². The molecule has 3 N–H and O–H groups in total. The largest absolute Gasteiger partial charge is 0.475 e. The number of aromatic carboxylic acids is 1. The van der Waals surface area contributed by atoms with Crippen LogP contribution in [-0.4, -0.2) is 49.2 Å². The second kappa shape index (κ2) is 6.65. The number of carbonyl (C=O) groups excluding carboxylic acids is 1. The number of urea groups is 1. The number of amides is 2. The fraction of sp³-hybridized carbons (Fsp3) is 0.455. The zero-order valence-corrected chi connectivity index (χ0v) is 10.4. The molecule has 0 unspecified atom stereocenters. The Hall–Kier alpha value is -2.02. The predicted molar refractivity (Wildman–Crippen MR) is 64.5 cm³/mol. The highest BCUT2D eigenvalue weighted by molar-refractivity contribution is 5.84. The number of carboxylic acid groups (broad SMARTS) is 1. The van der Waals surface area contributed by atoms with E-state index < -0.39 is 5.97 Å². The maximum Gasteiger partial charge on any atom is 0.371 e. The van der Waals surface area contributed by atoms with Crippen molar-refractivity contribution in [2.24, 2.45) is 0 Å². The van der Waals surface area contributed by atoms with Crippen molar-refractivity contribution in [3.05, 3.63) is 23.7 Å². The van der Waals surface area contributed by atoms with E-state index in [1.54, 1.807) is 20.2 Å². The van der Waals surface area contributed by atoms with Crippen LogP contribution < -0.4 is 10.6 Å². The van der Waals surface area contributed by atoms with Gasteiger partial charge in [-0.1, -0.05) is 0 Å². The van der Waals surface area contributed by atoms with E-state index in [0.717, 1.165) is 0 Å². The average Bonchev–Trinajstić information content (AvgIpc) is 2.77. The monoisotopic (exact) mass is 255 g/mol. The topological polar surface area (TPSA) is 94.8 Å². The third kappa shape index (κ3) is 4.46. The van der Waals surface area contributed by atoms with Gasteiger partial charge >= 0.3 is 12.0 Å². The lowest BCUT2D eigenvalue weighted by Crippen LogP contribution is -2.38. The molecule has 0 fully saturated rings. The summed E-state index contributed by atoms with van der Waals surface area (Å²) < 4.78 is 5.05. The highest BCUT2D eigenvalue weighted by atomic mass is 16.4. The number of carboxylic acids is 1. The van der Waals surface area contributed by atoms with Gasteiger partial charge in [-0.2, -0.15) is 0 Å². The Morgan fingerprint density at radius 2 is 2.06 bits per heavy atom. The SMILES string of the molecule is CN(C)C(=O)NCCNCc1ccc(C(=O)O)o1. The predicted octanol–water partition coefficient (Wildman–Crippen LogP) is 0.339. The lowest BCUT2D eigenvalue weighted by molar-refractivity contribution is 0.0660. The van der Waals surface area contributed by atoms with Crippen LogP contribution in [0.5, 0.6) is 0 Å². The van der Waals surface area contributed by atoms with Crippen LogP contribution in [0, 0.1) is 0 Å². The van der Waals surface area contributed by atoms with Gasteiger partial charge in [-0.05, 0) is 12.1 Å². The van der Waals surface area contributed by atoms with Crippen molar-refractivity contribution in [1.82, 2.24) is 15.5 Å². The van der Waals surface area contributed by atoms with Crippen molar-refractivity contribution in [2.75, 3.05) is 27.2 Å². The second-order valence-electron chi connectivity index (χ2n) is 3.87. The van der Waals surface area contributed by atoms with Gasteiger partial charge in [0.2, 0.25) is 5.76 Å².